The van der Waals surface area contributed by atoms with Gasteiger partial charge < -0.3 is 9.31 Å². The van der Waals surface area contributed by atoms with Crippen LogP contribution >= 0.6 is 0 Å². The lowest BCUT2D eigenvalue weighted by Crippen LogP contribution is -2.41. The smallest absolute Gasteiger partial charge is 0.398 e. The first kappa shape index (κ1) is 17.1. The second kappa shape index (κ2) is 5.64. The maximum Gasteiger partial charge on any atom is 0.525 e. The third-order valence-corrected chi connectivity index (χ3v) is 4.70. The molecule has 126 valence electrons. The molecule has 0 aliphatic carbocycles. The van der Waals surface area contributed by atoms with Gasteiger partial charge in [-0.15, -0.1) is 0 Å². The summed E-state index contributed by atoms with van der Waals surface area (Å²) in [4.78, 5) is 4.37. The second-order valence-corrected chi connectivity index (χ2v) is 7.13. The number of benzene rings is 1. The Morgan fingerprint density at radius 1 is 1.12 bits per heavy atom. The molecule has 2 aromatic rings. The zero-order valence-corrected chi connectivity index (χ0v) is 14.5. The first-order chi connectivity index (χ1) is 11.1. The zero-order valence-electron chi connectivity index (χ0n) is 14.5. The lowest BCUT2D eigenvalue weighted by Gasteiger charge is -2.32. The van der Waals surface area contributed by atoms with E-state index in [9.17, 15) is 8.78 Å². The fraction of sp³-hybridized carbons (Fsp3) is 0.389. The Bertz CT molecular complexity index is 812. The van der Waals surface area contributed by atoms with E-state index in [1.807, 2.05) is 27.7 Å². The topological polar surface area (TPSA) is 31.4 Å². The Kier molecular flexibility index (Phi) is 4.01. The molecule has 2 heterocycles. The van der Waals surface area contributed by atoms with Crippen LogP contribution in [-0.4, -0.2) is 23.3 Å². The van der Waals surface area contributed by atoms with Gasteiger partial charge in [-0.05, 0) is 70.3 Å². The van der Waals surface area contributed by atoms with Gasteiger partial charge in [-0.3, -0.25) is 4.98 Å². The number of hydrogen-bond donors (Lipinski definition) is 0. The van der Waals surface area contributed by atoms with Gasteiger partial charge in [-0.25, -0.2) is 8.78 Å². The number of nitrogens with zero attached hydrogens (tertiary/aromatic N) is 1. The maximum absolute atomic E-state index is 14.7. The predicted molar refractivity (Wildman–Crippen MR) is 91.6 cm³/mol. The van der Waals surface area contributed by atoms with Crippen molar-refractivity contribution >= 4 is 24.0 Å². The summed E-state index contributed by atoms with van der Waals surface area (Å²) in [5, 5.41) is 1.35. The predicted octanol–water partition coefficient (Wildman–Crippen LogP) is 4.62. The van der Waals surface area contributed by atoms with Crippen molar-refractivity contribution in [2.75, 3.05) is 0 Å². The highest BCUT2D eigenvalue weighted by atomic mass is 19.1. The van der Waals surface area contributed by atoms with Crippen LogP contribution in [0.1, 0.15) is 39.1 Å². The number of halogens is 2. The SMILES string of the molecule is Cc1cc2cc(F)ccc2c(C=C(F)B2OC(C)(C)C(C)(C)O2)n1. The molecular weight excluding hydrogens is 311 g/mol. The number of aromatic nitrogens is 1. The van der Waals surface area contributed by atoms with Crippen molar-refractivity contribution in [2.24, 2.45) is 0 Å². The molecule has 1 aliphatic heterocycles. The van der Waals surface area contributed by atoms with E-state index in [1.165, 1.54) is 18.2 Å². The molecular formula is C18H20BF2NO2. The summed E-state index contributed by atoms with van der Waals surface area (Å²) < 4.78 is 39.6. The van der Waals surface area contributed by atoms with Crippen molar-refractivity contribution in [3.8, 4) is 0 Å². The van der Waals surface area contributed by atoms with Gasteiger partial charge in [0.25, 0.3) is 0 Å². The second-order valence-electron chi connectivity index (χ2n) is 7.13. The molecule has 1 fully saturated rings. The number of pyridine rings is 1. The summed E-state index contributed by atoms with van der Waals surface area (Å²) >= 11 is 0. The average Bonchev–Trinajstić information content (AvgIpc) is 2.66. The van der Waals surface area contributed by atoms with E-state index < -0.39 is 24.0 Å². The summed E-state index contributed by atoms with van der Waals surface area (Å²) in [6.45, 7) is 9.24. The minimum absolute atomic E-state index is 0.338. The van der Waals surface area contributed by atoms with Gasteiger partial charge in [0.1, 0.15) is 11.5 Å². The van der Waals surface area contributed by atoms with Gasteiger partial charge in [0.05, 0.1) is 16.9 Å². The Morgan fingerprint density at radius 3 is 2.38 bits per heavy atom. The lowest BCUT2D eigenvalue weighted by atomic mass is 9.87. The van der Waals surface area contributed by atoms with Crippen LogP contribution in [0.5, 0.6) is 0 Å². The van der Waals surface area contributed by atoms with Crippen LogP contribution in [0.25, 0.3) is 16.8 Å². The molecule has 1 aliphatic rings. The molecule has 0 unspecified atom stereocenters. The molecule has 0 atom stereocenters. The third kappa shape index (κ3) is 2.96. The largest absolute Gasteiger partial charge is 0.525 e. The summed E-state index contributed by atoms with van der Waals surface area (Å²) in [5.41, 5.74) is -0.682. The molecule has 0 saturated carbocycles. The molecule has 6 heteroatoms. The Hall–Kier alpha value is -1.79. The fourth-order valence-corrected chi connectivity index (χ4v) is 2.66. The molecule has 24 heavy (non-hydrogen) atoms. The van der Waals surface area contributed by atoms with E-state index in [-0.39, 0.29) is 5.82 Å². The van der Waals surface area contributed by atoms with Crippen LogP contribution in [0.3, 0.4) is 0 Å². The van der Waals surface area contributed by atoms with Crippen LogP contribution < -0.4 is 0 Å². The first-order valence-corrected chi connectivity index (χ1v) is 7.89. The minimum atomic E-state index is -1.08. The number of hydrogen-bond acceptors (Lipinski definition) is 3. The monoisotopic (exact) mass is 331 g/mol. The summed E-state index contributed by atoms with van der Waals surface area (Å²) in [6, 6.07) is 6.11. The lowest BCUT2D eigenvalue weighted by molar-refractivity contribution is 0.00578. The van der Waals surface area contributed by atoms with Crippen LogP contribution in [-0.2, 0) is 9.31 Å². The number of fused-ring (bicyclic) bond motifs is 1. The van der Waals surface area contributed by atoms with Gasteiger partial charge >= 0.3 is 7.12 Å². The number of aryl methyl sites for hydroxylation is 1. The third-order valence-electron chi connectivity index (χ3n) is 4.70. The van der Waals surface area contributed by atoms with E-state index in [0.29, 0.717) is 22.2 Å². The molecule has 1 saturated heterocycles. The van der Waals surface area contributed by atoms with Gasteiger partial charge in [0.15, 0.2) is 0 Å². The zero-order chi connectivity index (χ0) is 17.7. The summed E-state index contributed by atoms with van der Waals surface area (Å²) in [5.74, 6) is -0.338. The molecule has 1 aromatic heterocycles. The summed E-state index contributed by atoms with van der Waals surface area (Å²) in [7, 11) is -1.08. The molecule has 0 bridgehead atoms. The minimum Gasteiger partial charge on any atom is -0.398 e. The van der Waals surface area contributed by atoms with E-state index in [1.54, 1.807) is 19.1 Å². The Labute approximate surface area is 140 Å². The normalized spacial score (nSPS) is 20.0. The van der Waals surface area contributed by atoms with Gasteiger partial charge in [0, 0.05) is 11.1 Å². The fourth-order valence-electron chi connectivity index (χ4n) is 2.66. The van der Waals surface area contributed by atoms with Gasteiger partial charge in [-0.2, -0.15) is 0 Å². The quantitative estimate of drug-likeness (QED) is 0.752. The van der Waals surface area contributed by atoms with Gasteiger partial charge in [0.2, 0.25) is 0 Å². The Morgan fingerprint density at radius 2 is 1.75 bits per heavy atom. The number of rotatable bonds is 2. The van der Waals surface area contributed by atoms with Crippen LogP contribution in [0.4, 0.5) is 8.78 Å². The van der Waals surface area contributed by atoms with Crippen LogP contribution in [0, 0.1) is 12.7 Å². The van der Waals surface area contributed by atoms with Crippen molar-refractivity contribution < 1.29 is 18.1 Å². The highest BCUT2D eigenvalue weighted by molar-refractivity contribution is 6.54. The maximum atomic E-state index is 14.7. The van der Waals surface area contributed by atoms with Crippen LogP contribution in [0.15, 0.2) is 30.0 Å². The Balaban J connectivity index is 2.01. The van der Waals surface area contributed by atoms with Crippen molar-refractivity contribution in [1.29, 1.82) is 0 Å². The van der Waals surface area contributed by atoms with E-state index >= 15 is 0 Å². The van der Waals surface area contributed by atoms with Crippen molar-refractivity contribution in [1.82, 2.24) is 4.98 Å². The molecule has 0 radical (unpaired) electrons. The van der Waals surface area contributed by atoms with E-state index in [4.69, 9.17) is 9.31 Å². The molecule has 3 rings (SSSR count). The van der Waals surface area contributed by atoms with E-state index in [0.717, 1.165) is 0 Å². The van der Waals surface area contributed by atoms with Crippen molar-refractivity contribution in [3.05, 3.63) is 47.2 Å². The molecule has 0 spiro atoms. The highest BCUT2D eigenvalue weighted by Gasteiger charge is 2.53. The van der Waals surface area contributed by atoms with Crippen LogP contribution in [0.2, 0.25) is 0 Å². The molecule has 3 nitrogen and oxygen atoms in total. The summed E-state index contributed by atoms with van der Waals surface area (Å²) in [6.07, 6.45) is 1.30. The van der Waals surface area contributed by atoms with E-state index in [2.05, 4.69) is 4.98 Å². The average molecular weight is 331 g/mol. The molecule has 1 aromatic carbocycles. The van der Waals surface area contributed by atoms with Crippen molar-refractivity contribution in [2.45, 2.75) is 45.8 Å². The highest BCUT2D eigenvalue weighted by Crippen LogP contribution is 2.39. The standard InChI is InChI=1S/C18H20BF2NO2/c1-11-8-12-9-13(20)6-7-14(12)15(22-11)10-16(21)19-23-17(2,3)18(4,5)24-19/h6-10H,1-5H3. The first-order valence-electron chi connectivity index (χ1n) is 7.89. The molecule has 0 N–H and O–H groups in total. The molecule has 0 amide bonds. The van der Waals surface area contributed by atoms with Gasteiger partial charge in [-0.1, -0.05) is 0 Å². The van der Waals surface area contributed by atoms with Crippen molar-refractivity contribution in [3.63, 3.8) is 0 Å².